The van der Waals surface area contributed by atoms with E-state index < -0.39 is 12.0 Å². The van der Waals surface area contributed by atoms with Crippen molar-refractivity contribution in [3.63, 3.8) is 0 Å². The summed E-state index contributed by atoms with van der Waals surface area (Å²) in [4.78, 5) is 23.4. The molecule has 3 N–H and O–H groups in total. The van der Waals surface area contributed by atoms with Crippen molar-refractivity contribution >= 4 is 29.1 Å². The van der Waals surface area contributed by atoms with Gasteiger partial charge in [-0.25, -0.2) is 0 Å². The summed E-state index contributed by atoms with van der Waals surface area (Å²) in [6, 6.07) is 9.60. The third-order valence-electron chi connectivity index (χ3n) is 3.56. The van der Waals surface area contributed by atoms with E-state index in [1.54, 1.807) is 31.2 Å². The molecule has 0 aromatic heterocycles. The van der Waals surface area contributed by atoms with Crippen LogP contribution < -0.4 is 20.5 Å². The molecule has 2 aromatic rings. The van der Waals surface area contributed by atoms with Crippen molar-refractivity contribution < 1.29 is 19.1 Å². The van der Waals surface area contributed by atoms with E-state index in [9.17, 15) is 9.59 Å². The van der Waals surface area contributed by atoms with Crippen molar-refractivity contribution in [2.75, 3.05) is 12.4 Å². The fourth-order valence-electron chi connectivity index (χ4n) is 2.12. The Hall–Kier alpha value is -2.73. The lowest BCUT2D eigenvalue weighted by molar-refractivity contribution is -0.122. The first-order chi connectivity index (χ1) is 11.8. The molecule has 7 heteroatoms. The predicted molar refractivity (Wildman–Crippen MR) is 96.4 cm³/mol. The van der Waals surface area contributed by atoms with Gasteiger partial charge in [-0.2, -0.15) is 0 Å². The summed E-state index contributed by atoms with van der Waals surface area (Å²) in [5.74, 6) is 0.0374. The molecule has 0 saturated heterocycles. The van der Waals surface area contributed by atoms with Crippen LogP contribution in [0.2, 0.25) is 5.02 Å². The summed E-state index contributed by atoms with van der Waals surface area (Å²) in [5, 5.41) is 3.31. The molecule has 2 rings (SSSR count). The van der Waals surface area contributed by atoms with Gasteiger partial charge in [0.15, 0.2) is 6.10 Å². The number of ether oxygens (including phenoxy) is 2. The van der Waals surface area contributed by atoms with E-state index in [-0.39, 0.29) is 5.91 Å². The average molecular weight is 363 g/mol. The molecule has 0 radical (unpaired) electrons. The van der Waals surface area contributed by atoms with Crippen LogP contribution in [-0.4, -0.2) is 25.0 Å². The van der Waals surface area contributed by atoms with Crippen LogP contribution in [0.15, 0.2) is 36.4 Å². The van der Waals surface area contributed by atoms with E-state index in [4.69, 9.17) is 26.8 Å². The first kappa shape index (κ1) is 18.6. The van der Waals surface area contributed by atoms with E-state index in [1.807, 2.05) is 6.92 Å². The topological polar surface area (TPSA) is 90.7 Å². The van der Waals surface area contributed by atoms with Crippen LogP contribution in [0.3, 0.4) is 0 Å². The molecule has 0 bridgehead atoms. The standard InChI is InChI=1S/C18H19ClN2O4/c1-10-8-15(16(24-3)9-14(10)19)21-18(23)11(2)25-13-6-4-12(5-7-13)17(20)22/h4-9,11H,1-3H3,(H2,20,22)(H,21,23). The van der Waals surface area contributed by atoms with Gasteiger partial charge in [0.1, 0.15) is 11.5 Å². The fraction of sp³-hybridized carbons (Fsp3) is 0.222. The van der Waals surface area contributed by atoms with Gasteiger partial charge in [0.2, 0.25) is 5.91 Å². The molecule has 1 unspecified atom stereocenters. The number of benzene rings is 2. The zero-order chi connectivity index (χ0) is 18.6. The van der Waals surface area contributed by atoms with Crippen LogP contribution in [0, 0.1) is 6.92 Å². The maximum atomic E-state index is 12.4. The summed E-state index contributed by atoms with van der Waals surface area (Å²) in [6.45, 7) is 3.45. The number of aryl methyl sites for hydroxylation is 1. The van der Waals surface area contributed by atoms with Crippen LogP contribution in [0.4, 0.5) is 5.69 Å². The summed E-state index contributed by atoms with van der Waals surface area (Å²) >= 11 is 6.06. The Labute approximate surface area is 150 Å². The largest absolute Gasteiger partial charge is 0.495 e. The smallest absolute Gasteiger partial charge is 0.265 e. The molecule has 25 heavy (non-hydrogen) atoms. The monoisotopic (exact) mass is 362 g/mol. The van der Waals surface area contributed by atoms with Crippen molar-refractivity contribution in [2.24, 2.45) is 5.73 Å². The maximum absolute atomic E-state index is 12.4. The number of nitrogens with two attached hydrogens (primary N) is 1. The lowest BCUT2D eigenvalue weighted by Gasteiger charge is -2.17. The minimum atomic E-state index is -0.764. The van der Waals surface area contributed by atoms with Gasteiger partial charge in [0, 0.05) is 16.7 Å². The molecule has 0 aliphatic heterocycles. The van der Waals surface area contributed by atoms with Gasteiger partial charge < -0.3 is 20.5 Å². The Balaban J connectivity index is 2.07. The molecule has 0 aliphatic rings. The van der Waals surface area contributed by atoms with Crippen molar-refractivity contribution in [3.05, 3.63) is 52.5 Å². The van der Waals surface area contributed by atoms with Gasteiger partial charge >= 0.3 is 0 Å². The quantitative estimate of drug-likeness (QED) is 0.825. The Morgan fingerprint density at radius 2 is 1.84 bits per heavy atom. The summed E-state index contributed by atoms with van der Waals surface area (Å²) in [5.41, 5.74) is 6.87. The summed E-state index contributed by atoms with van der Waals surface area (Å²) in [6.07, 6.45) is -0.764. The van der Waals surface area contributed by atoms with Crippen LogP contribution in [-0.2, 0) is 4.79 Å². The van der Waals surface area contributed by atoms with E-state index >= 15 is 0 Å². The van der Waals surface area contributed by atoms with E-state index in [2.05, 4.69) is 5.32 Å². The predicted octanol–water partition coefficient (Wildman–Crippen LogP) is 3.16. The Kier molecular flexibility index (Phi) is 5.88. The minimum absolute atomic E-state index is 0.348. The number of nitrogens with one attached hydrogen (secondary N) is 1. The SMILES string of the molecule is COc1cc(Cl)c(C)cc1NC(=O)C(C)Oc1ccc(C(N)=O)cc1. The number of hydrogen-bond acceptors (Lipinski definition) is 4. The average Bonchev–Trinajstić information content (AvgIpc) is 2.58. The van der Waals surface area contributed by atoms with Gasteiger partial charge in [-0.3, -0.25) is 9.59 Å². The second-order valence-corrected chi connectivity index (χ2v) is 5.85. The van der Waals surface area contributed by atoms with Gasteiger partial charge in [-0.15, -0.1) is 0 Å². The van der Waals surface area contributed by atoms with Gasteiger partial charge in [0.25, 0.3) is 5.91 Å². The number of anilines is 1. The lowest BCUT2D eigenvalue weighted by atomic mass is 10.2. The Morgan fingerprint density at radius 1 is 1.20 bits per heavy atom. The number of carbonyl (C=O) groups is 2. The second kappa shape index (κ2) is 7.90. The molecule has 2 amide bonds. The zero-order valence-electron chi connectivity index (χ0n) is 14.1. The number of carbonyl (C=O) groups excluding carboxylic acids is 2. The maximum Gasteiger partial charge on any atom is 0.265 e. The highest BCUT2D eigenvalue weighted by molar-refractivity contribution is 6.31. The molecule has 0 heterocycles. The van der Waals surface area contributed by atoms with Crippen molar-refractivity contribution in [2.45, 2.75) is 20.0 Å². The fourth-order valence-corrected chi connectivity index (χ4v) is 2.27. The van der Waals surface area contributed by atoms with E-state index in [0.29, 0.717) is 27.8 Å². The number of methoxy groups -OCH3 is 1. The van der Waals surface area contributed by atoms with Crippen molar-refractivity contribution in [3.8, 4) is 11.5 Å². The minimum Gasteiger partial charge on any atom is -0.495 e. The first-order valence-corrected chi connectivity index (χ1v) is 7.91. The molecule has 6 nitrogen and oxygen atoms in total. The van der Waals surface area contributed by atoms with Gasteiger partial charge in [-0.1, -0.05) is 11.6 Å². The molecule has 0 aliphatic carbocycles. The first-order valence-electron chi connectivity index (χ1n) is 7.53. The molecule has 1 atom stereocenters. The molecule has 0 spiro atoms. The van der Waals surface area contributed by atoms with Crippen molar-refractivity contribution in [1.29, 1.82) is 0 Å². The molecular formula is C18H19ClN2O4. The van der Waals surface area contributed by atoms with Crippen LogP contribution in [0.5, 0.6) is 11.5 Å². The van der Waals surface area contributed by atoms with Gasteiger partial charge in [-0.05, 0) is 49.7 Å². The van der Waals surface area contributed by atoms with E-state index in [1.165, 1.54) is 19.2 Å². The third kappa shape index (κ3) is 4.64. The normalized spacial score (nSPS) is 11.5. The number of hydrogen-bond donors (Lipinski definition) is 2. The number of amides is 2. The van der Waals surface area contributed by atoms with Crippen LogP contribution >= 0.6 is 11.6 Å². The second-order valence-electron chi connectivity index (χ2n) is 5.44. The molecule has 0 saturated carbocycles. The highest BCUT2D eigenvalue weighted by Crippen LogP contribution is 2.31. The molecule has 132 valence electrons. The number of halogens is 1. The van der Waals surface area contributed by atoms with Crippen molar-refractivity contribution in [1.82, 2.24) is 0 Å². The lowest BCUT2D eigenvalue weighted by Crippen LogP contribution is -2.30. The van der Waals surface area contributed by atoms with Crippen LogP contribution in [0.1, 0.15) is 22.8 Å². The molecular weight excluding hydrogens is 344 g/mol. The Morgan fingerprint density at radius 3 is 2.40 bits per heavy atom. The zero-order valence-corrected chi connectivity index (χ0v) is 14.9. The third-order valence-corrected chi connectivity index (χ3v) is 3.97. The number of rotatable bonds is 6. The molecule has 0 fully saturated rings. The summed E-state index contributed by atoms with van der Waals surface area (Å²) < 4.78 is 10.8. The highest BCUT2D eigenvalue weighted by atomic mass is 35.5. The van der Waals surface area contributed by atoms with E-state index in [0.717, 1.165) is 5.56 Å². The number of primary amides is 1. The molecule has 2 aromatic carbocycles. The Bertz CT molecular complexity index is 790. The highest BCUT2D eigenvalue weighted by Gasteiger charge is 2.17. The summed E-state index contributed by atoms with van der Waals surface area (Å²) in [7, 11) is 1.50. The van der Waals surface area contributed by atoms with Crippen LogP contribution in [0.25, 0.3) is 0 Å². The van der Waals surface area contributed by atoms with Gasteiger partial charge in [0.05, 0.1) is 12.8 Å².